The smallest absolute Gasteiger partial charge is 0.323 e. The summed E-state index contributed by atoms with van der Waals surface area (Å²) >= 11 is 0. The molecule has 0 atom stereocenters. The van der Waals surface area contributed by atoms with Gasteiger partial charge in [0.15, 0.2) is 0 Å². The zero-order valence-corrected chi connectivity index (χ0v) is 10.6. The topological polar surface area (TPSA) is 50.4 Å². The van der Waals surface area contributed by atoms with Crippen molar-refractivity contribution in [2.75, 3.05) is 17.7 Å². The van der Waals surface area contributed by atoms with E-state index in [1.54, 1.807) is 0 Å². The predicted molar refractivity (Wildman–Crippen MR) is 72.0 cm³/mol. The monoisotopic (exact) mass is 278 g/mol. The number of hydrogen-bond acceptors (Lipinski definition) is 2. The molecule has 0 unspecified atom stereocenters. The van der Waals surface area contributed by atoms with Gasteiger partial charge in [-0.05, 0) is 24.3 Å². The molecule has 0 heterocycles. The number of rotatable bonds is 3. The van der Waals surface area contributed by atoms with Gasteiger partial charge in [-0.25, -0.2) is 13.6 Å². The summed E-state index contributed by atoms with van der Waals surface area (Å²) in [6.45, 7) is 0. The molecule has 2 aromatic rings. The van der Waals surface area contributed by atoms with Crippen LogP contribution in [0.25, 0.3) is 0 Å². The highest BCUT2D eigenvalue weighted by Gasteiger charge is 2.06. The van der Waals surface area contributed by atoms with E-state index in [4.69, 9.17) is 4.74 Å². The first kappa shape index (κ1) is 13.8. The summed E-state index contributed by atoms with van der Waals surface area (Å²) in [6.07, 6.45) is 0. The first-order valence-electron chi connectivity index (χ1n) is 5.75. The summed E-state index contributed by atoms with van der Waals surface area (Å²) in [5.74, 6) is -0.716. The molecule has 20 heavy (non-hydrogen) atoms. The SMILES string of the molecule is COc1cc(F)cc(NC(=O)Nc2cccc(F)c2)c1. The lowest BCUT2D eigenvalue weighted by molar-refractivity contribution is 0.262. The van der Waals surface area contributed by atoms with Crippen molar-refractivity contribution in [3.63, 3.8) is 0 Å². The van der Waals surface area contributed by atoms with Gasteiger partial charge in [-0.1, -0.05) is 6.07 Å². The second kappa shape index (κ2) is 6.01. The van der Waals surface area contributed by atoms with Gasteiger partial charge in [-0.2, -0.15) is 0 Å². The Bertz CT molecular complexity index is 632. The van der Waals surface area contributed by atoms with Crippen LogP contribution in [0.2, 0.25) is 0 Å². The number of carbonyl (C=O) groups is 1. The third kappa shape index (κ3) is 3.68. The minimum Gasteiger partial charge on any atom is -0.497 e. The normalized spacial score (nSPS) is 9.95. The van der Waals surface area contributed by atoms with Crippen molar-refractivity contribution in [2.24, 2.45) is 0 Å². The molecule has 2 aromatic carbocycles. The Morgan fingerprint density at radius 2 is 1.70 bits per heavy atom. The van der Waals surface area contributed by atoms with Gasteiger partial charge in [0.2, 0.25) is 0 Å². The highest BCUT2D eigenvalue weighted by molar-refractivity contribution is 5.99. The molecule has 0 aromatic heterocycles. The van der Waals surface area contributed by atoms with E-state index >= 15 is 0 Å². The molecule has 2 amide bonds. The molecule has 104 valence electrons. The molecule has 2 N–H and O–H groups in total. The first-order valence-corrected chi connectivity index (χ1v) is 5.75. The summed E-state index contributed by atoms with van der Waals surface area (Å²) in [5, 5.41) is 4.87. The van der Waals surface area contributed by atoms with Gasteiger partial charge < -0.3 is 15.4 Å². The van der Waals surface area contributed by atoms with E-state index in [9.17, 15) is 13.6 Å². The molecule has 0 radical (unpaired) electrons. The lowest BCUT2D eigenvalue weighted by Gasteiger charge is -2.09. The Morgan fingerprint density at radius 3 is 2.40 bits per heavy atom. The molecule has 0 fully saturated rings. The Balaban J connectivity index is 2.06. The average Bonchev–Trinajstić information content (AvgIpc) is 2.37. The van der Waals surface area contributed by atoms with Gasteiger partial charge in [0.1, 0.15) is 17.4 Å². The van der Waals surface area contributed by atoms with Crippen molar-refractivity contribution in [3.05, 3.63) is 54.1 Å². The summed E-state index contributed by atoms with van der Waals surface area (Å²) in [6, 6.07) is 8.64. The Labute approximate surface area is 114 Å². The van der Waals surface area contributed by atoms with Crippen LogP contribution in [0.15, 0.2) is 42.5 Å². The van der Waals surface area contributed by atoms with E-state index in [-0.39, 0.29) is 11.4 Å². The van der Waals surface area contributed by atoms with Crippen LogP contribution >= 0.6 is 0 Å². The zero-order valence-electron chi connectivity index (χ0n) is 10.6. The molecule has 0 aliphatic heterocycles. The van der Waals surface area contributed by atoms with Crippen LogP contribution in [-0.2, 0) is 0 Å². The fourth-order valence-corrected chi connectivity index (χ4v) is 1.61. The summed E-state index contributed by atoms with van der Waals surface area (Å²) in [7, 11) is 1.39. The standard InChI is InChI=1S/C14H12F2N2O2/c1-20-13-7-10(16)6-12(8-13)18-14(19)17-11-4-2-3-9(15)5-11/h2-8H,1H3,(H2,17,18,19). The maximum atomic E-state index is 13.2. The largest absolute Gasteiger partial charge is 0.497 e. The van der Waals surface area contributed by atoms with Gasteiger partial charge in [0, 0.05) is 23.5 Å². The summed E-state index contributed by atoms with van der Waals surface area (Å²) in [4.78, 5) is 11.7. The second-order valence-electron chi connectivity index (χ2n) is 3.97. The van der Waals surface area contributed by atoms with Gasteiger partial charge >= 0.3 is 6.03 Å². The van der Waals surface area contributed by atoms with E-state index in [0.717, 1.165) is 6.07 Å². The number of amides is 2. The molecule has 0 bridgehead atoms. The van der Waals surface area contributed by atoms with E-state index in [2.05, 4.69) is 10.6 Å². The number of hydrogen-bond donors (Lipinski definition) is 2. The number of methoxy groups -OCH3 is 1. The lowest BCUT2D eigenvalue weighted by Crippen LogP contribution is -2.19. The number of carbonyl (C=O) groups excluding carboxylic acids is 1. The van der Waals surface area contributed by atoms with Gasteiger partial charge in [-0.15, -0.1) is 0 Å². The van der Waals surface area contributed by atoms with Crippen molar-refractivity contribution in [1.29, 1.82) is 0 Å². The quantitative estimate of drug-likeness (QED) is 0.901. The molecule has 0 aliphatic carbocycles. The van der Waals surface area contributed by atoms with Gasteiger partial charge in [0.25, 0.3) is 0 Å². The molecular weight excluding hydrogens is 266 g/mol. The Morgan fingerprint density at radius 1 is 1.00 bits per heavy atom. The van der Waals surface area contributed by atoms with Crippen LogP contribution in [0.3, 0.4) is 0 Å². The number of ether oxygens (including phenoxy) is 1. The molecular formula is C14H12F2N2O2. The number of anilines is 2. The fraction of sp³-hybridized carbons (Fsp3) is 0.0714. The van der Waals surface area contributed by atoms with E-state index in [1.807, 2.05) is 0 Å². The highest BCUT2D eigenvalue weighted by atomic mass is 19.1. The minimum absolute atomic E-state index is 0.232. The predicted octanol–water partition coefficient (Wildman–Crippen LogP) is 3.62. The molecule has 2 rings (SSSR count). The molecule has 0 spiro atoms. The van der Waals surface area contributed by atoms with Crippen LogP contribution in [0, 0.1) is 11.6 Å². The number of benzene rings is 2. The highest BCUT2D eigenvalue weighted by Crippen LogP contribution is 2.20. The van der Waals surface area contributed by atoms with E-state index < -0.39 is 17.7 Å². The van der Waals surface area contributed by atoms with Crippen molar-refractivity contribution in [1.82, 2.24) is 0 Å². The Hall–Kier alpha value is -2.63. The van der Waals surface area contributed by atoms with Gasteiger partial charge in [-0.3, -0.25) is 0 Å². The fourth-order valence-electron chi connectivity index (χ4n) is 1.61. The van der Waals surface area contributed by atoms with E-state index in [1.165, 1.54) is 43.5 Å². The van der Waals surface area contributed by atoms with E-state index in [0.29, 0.717) is 5.69 Å². The molecule has 0 saturated carbocycles. The zero-order chi connectivity index (χ0) is 14.5. The van der Waals surface area contributed by atoms with Gasteiger partial charge in [0.05, 0.1) is 7.11 Å². The second-order valence-corrected chi connectivity index (χ2v) is 3.97. The number of urea groups is 1. The lowest BCUT2D eigenvalue weighted by atomic mass is 10.3. The maximum absolute atomic E-state index is 13.2. The number of halogens is 2. The van der Waals surface area contributed by atoms with Crippen LogP contribution in [0.4, 0.5) is 25.0 Å². The van der Waals surface area contributed by atoms with Crippen LogP contribution in [0.5, 0.6) is 5.75 Å². The molecule has 4 nitrogen and oxygen atoms in total. The minimum atomic E-state index is -0.608. The van der Waals surface area contributed by atoms with Crippen molar-refractivity contribution >= 4 is 17.4 Å². The molecule has 0 saturated heterocycles. The third-order valence-corrected chi connectivity index (χ3v) is 2.45. The first-order chi connectivity index (χ1) is 9.56. The summed E-state index contributed by atoms with van der Waals surface area (Å²) < 4.78 is 31.1. The molecule has 0 aliphatic rings. The number of nitrogens with one attached hydrogen (secondary N) is 2. The van der Waals surface area contributed by atoms with Crippen LogP contribution < -0.4 is 15.4 Å². The maximum Gasteiger partial charge on any atom is 0.323 e. The third-order valence-electron chi connectivity index (χ3n) is 2.45. The van der Waals surface area contributed by atoms with Crippen molar-refractivity contribution < 1.29 is 18.3 Å². The van der Waals surface area contributed by atoms with Crippen LogP contribution in [0.1, 0.15) is 0 Å². The molecule has 6 heteroatoms. The van der Waals surface area contributed by atoms with Crippen molar-refractivity contribution in [3.8, 4) is 5.75 Å². The van der Waals surface area contributed by atoms with Crippen molar-refractivity contribution in [2.45, 2.75) is 0 Å². The average molecular weight is 278 g/mol. The Kier molecular flexibility index (Phi) is 4.14. The summed E-state index contributed by atoms with van der Waals surface area (Å²) in [5.41, 5.74) is 0.529. The van der Waals surface area contributed by atoms with Crippen LogP contribution in [-0.4, -0.2) is 13.1 Å².